The predicted molar refractivity (Wildman–Crippen MR) is 60.4 cm³/mol. The van der Waals surface area contributed by atoms with Gasteiger partial charge in [-0.3, -0.25) is 10.1 Å². The van der Waals surface area contributed by atoms with Crippen molar-refractivity contribution in [1.82, 2.24) is 5.32 Å². The van der Waals surface area contributed by atoms with Crippen LogP contribution in [0.5, 0.6) is 0 Å². The Morgan fingerprint density at radius 2 is 2.00 bits per heavy atom. The van der Waals surface area contributed by atoms with E-state index in [2.05, 4.69) is 5.32 Å². The van der Waals surface area contributed by atoms with E-state index < -0.39 is 17.3 Å². The molecule has 1 rings (SSSR count). The molecule has 5 heteroatoms. The molecule has 0 bridgehead atoms. The number of carboxylic acid groups (broad SMARTS) is 1. The van der Waals surface area contributed by atoms with Gasteiger partial charge in [0, 0.05) is 5.56 Å². The Bertz CT molecular complexity index is 464. The summed E-state index contributed by atoms with van der Waals surface area (Å²) in [5, 5.41) is 20.5. The molecule has 0 aliphatic heterocycles. The molecule has 0 aliphatic rings. The molecular formula is C12H12N2O3. The van der Waals surface area contributed by atoms with E-state index >= 15 is 0 Å². The van der Waals surface area contributed by atoms with Crippen LogP contribution in [-0.4, -0.2) is 28.9 Å². The van der Waals surface area contributed by atoms with Gasteiger partial charge in [-0.05, 0) is 6.54 Å². The topological polar surface area (TPSA) is 90.2 Å². The molecule has 2 N–H and O–H groups in total. The Morgan fingerprint density at radius 3 is 2.41 bits per heavy atom. The third-order valence-electron chi connectivity index (χ3n) is 2.31. The van der Waals surface area contributed by atoms with E-state index in [1.807, 2.05) is 0 Å². The summed E-state index contributed by atoms with van der Waals surface area (Å²) >= 11 is 0. The molecule has 1 aromatic rings. The summed E-state index contributed by atoms with van der Waals surface area (Å²) in [7, 11) is 0. The molecule has 0 heterocycles. The summed E-state index contributed by atoms with van der Waals surface area (Å²) in [6.07, 6.45) is 0. The second kappa shape index (κ2) is 5.23. The second-order valence-electron chi connectivity index (χ2n) is 3.39. The predicted octanol–water partition coefficient (Wildman–Crippen LogP) is 0.826. The molecule has 0 saturated heterocycles. The Balaban J connectivity index is 3.21. The first kappa shape index (κ1) is 12.9. The minimum atomic E-state index is -2.21. The first-order chi connectivity index (χ1) is 8.08. The van der Waals surface area contributed by atoms with Crippen LogP contribution in [-0.2, 0) is 4.79 Å². The van der Waals surface area contributed by atoms with Gasteiger partial charge in [-0.25, -0.2) is 4.79 Å². The fourth-order valence-electron chi connectivity index (χ4n) is 1.46. The van der Waals surface area contributed by atoms with Crippen molar-refractivity contribution in [3.63, 3.8) is 0 Å². The normalized spacial score (nSPS) is 13.4. The van der Waals surface area contributed by atoms with Crippen LogP contribution < -0.4 is 5.32 Å². The Morgan fingerprint density at radius 1 is 1.41 bits per heavy atom. The molecule has 0 aliphatic carbocycles. The summed E-state index contributed by atoms with van der Waals surface area (Å²) in [6, 6.07) is 9.45. The number of hydrogen-bond acceptors (Lipinski definition) is 4. The van der Waals surface area contributed by atoms with E-state index in [0.29, 0.717) is 0 Å². The number of hydrogen-bond donors (Lipinski definition) is 2. The van der Waals surface area contributed by atoms with Crippen LogP contribution in [0.3, 0.4) is 0 Å². The zero-order valence-electron chi connectivity index (χ0n) is 9.30. The SMILES string of the molecule is CCNC(C#N)(C(=O)O)C(=O)c1ccccc1. The van der Waals surface area contributed by atoms with Gasteiger partial charge in [0.05, 0.1) is 0 Å². The van der Waals surface area contributed by atoms with Crippen molar-refractivity contribution >= 4 is 11.8 Å². The molecule has 0 saturated carbocycles. The van der Waals surface area contributed by atoms with E-state index in [9.17, 15) is 9.59 Å². The highest BCUT2D eigenvalue weighted by atomic mass is 16.4. The maximum Gasteiger partial charge on any atom is 0.347 e. The molecule has 17 heavy (non-hydrogen) atoms. The molecule has 88 valence electrons. The first-order valence-corrected chi connectivity index (χ1v) is 5.08. The number of carbonyl (C=O) groups excluding carboxylic acids is 1. The molecule has 0 aromatic heterocycles. The van der Waals surface area contributed by atoms with Crippen molar-refractivity contribution in [1.29, 1.82) is 5.26 Å². The van der Waals surface area contributed by atoms with Crippen molar-refractivity contribution < 1.29 is 14.7 Å². The molecule has 1 atom stereocenters. The average molecular weight is 232 g/mol. The fourth-order valence-corrected chi connectivity index (χ4v) is 1.46. The van der Waals surface area contributed by atoms with Crippen molar-refractivity contribution in [2.75, 3.05) is 6.54 Å². The summed E-state index contributed by atoms with van der Waals surface area (Å²) in [4.78, 5) is 23.2. The van der Waals surface area contributed by atoms with Crippen LogP contribution in [0.2, 0.25) is 0 Å². The largest absolute Gasteiger partial charge is 0.479 e. The quantitative estimate of drug-likeness (QED) is 0.579. The zero-order chi connectivity index (χ0) is 12.9. The Hall–Kier alpha value is -2.19. The van der Waals surface area contributed by atoms with Crippen LogP contribution >= 0.6 is 0 Å². The van der Waals surface area contributed by atoms with Crippen LogP contribution in [0.1, 0.15) is 17.3 Å². The number of benzene rings is 1. The van der Waals surface area contributed by atoms with Gasteiger partial charge in [0.15, 0.2) is 0 Å². The van der Waals surface area contributed by atoms with Crippen LogP contribution in [0.4, 0.5) is 0 Å². The molecule has 0 amide bonds. The van der Waals surface area contributed by atoms with Crippen LogP contribution in [0.15, 0.2) is 30.3 Å². The van der Waals surface area contributed by atoms with Crippen LogP contribution in [0.25, 0.3) is 0 Å². The summed E-state index contributed by atoms with van der Waals surface area (Å²) < 4.78 is 0. The van der Waals surface area contributed by atoms with Gasteiger partial charge in [0.1, 0.15) is 6.07 Å². The molecular weight excluding hydrogens is 220 g/mol. The van der Waals surface area contributed by atoms with E-state index in [4.69, 9.17) is 10.4 Å². The minimum Gasteiger partial charge on any atom is -0.479 e. The van der Waals surface area contributed by atoms with Gasteiger partial charge in [0.25, 0.3) is 5.54 Å². The lowest BCUT2D eigenvalue weighted by Gasteiger charge is -2.20. The first-order valence-electron chi connectivity index (χ1n) is 5.08. The second-order valence-corrected chi connectivity index (χ2v) is 3.39. The highest BCUT2D eigenvalue weighted by Gasteiger charge is 2.46. The number of nitriles is 1. The van der Waals surface area contributed by atoms with Crippen molar-refractivity contribution in [3.05, 3.63) is 35.9 Å². The Labute approximate surface area is 98.7 Å². The van der Waals surface area contributed by atoms with Gasteiger partial charge in [-0.15, -0.1) is 0 Å². The van der Waals surface area contributed by atoms with Gasteiger partial charge < -0.3 is 5.11 Å². The highest BCUT2D eigenvalue weighted by molar-refractivity contribution is 6.18. The van der Waals surface area contributed by atoms with E-state index in [-0.39, 0.29) is 12.1 Å². The van der Waals surface area contributed by atoms with E-state index in [0.717, 1.165) is 0 Å². The third kappa shape index (κ3) is 2.32. The van der Waals surface area contributed by atoms with Gasteiger partial charge in [-0.2, -0.15) is 5.26 Å². The number of nitrogens with zero attached hydrogens (tertiary/aromatic N) is 1. The number of rotatable bonds is 5. The molecule has 0 radical (unpaired) electrons. The van der Waals surface area contributed by atoms with Gasteiger partial charge in [0.2, 0.25) is 5.78 Å². The number of ketones is 1. The molecule has 5 nitrogen and oxygen atoms in total. The maximum atomic E-state index is 12.1. The van der Waals surface area contributed by atoms with Crippen molar-refractivity contribution in [3.8, 4) is 6.07 Å². The number of carbonyl (C=O) groups is 2. The lowest BCUT2D eigenvalue weighted by Crippen LogP contribution is -2.57. The summed E-state index contributed by atoms with van der Waals surface area (Å²) in [6.45, 7) is 1.84. The van der Waals surface area contributed by atoms with Crippen LogP contribution in [0, 0.1) is 11.3 Å². The summed E-state index contributed by atoms with van der Waals surface area (Å²) in [5.41, 5.74) is -2.02. The smallest absolute Gasteiger partial charge is 0.347 e. The monoisotopic (exact) mass is 232 g/mol. The summed E-state index contributed by atoms with van der Waals surface area (Å²) in [5.74, 6) is -2.24. The number of nitrogens with one attached hydrogen (secondary N) is 1. The maximum absolute atomic E-state index is 12.1. The van der Waals surface area contributed by atoms with Crippen molar-refractivity contribution in [2.45, 2.75) is 12.5 Å². The molecule has 1 aromatic carbocycles. The standard InChI is InChI=1S/C12H12N2O3/c1-2-14-12(8-13,11(16)17)10(15)9-6-4-3-5-7-9/h3-7,14H,2H2,1H3,(H,16,17). The van der Waals surface area contributed by atoms with Gasteiger partial charge in [-0.1, -0.05) is 37.3 Å². The fraction of sp³-hybridized carbons (Fsp3) is 0.250. The minimum absolute atomic E-state index is 0.192. The Kier molecular flexibility index (Phi) is 3.96. The lowest BCUT2D eigenvalue weighted by atomic mass is 9.90. The highest BCUT2D eigenvalue weighted by Crippen LogP contribution is 2.13. The van der Waals surface area contributed by atoms with E-state index in [1.165, 1.54) is 12.1 Å². The zero-order valence-corrected chi connectivity index (χ0v) is 9.30. The molecule has 0 spiro atoms. The molecule has 0 fully saturated rings. The third-order valence-corrected chi connectivity index (χ3v) is 2.31. The molecule has 1 unspecified atom stereocenters. The lowest BCUT2D eigenvalue weighted by molar-refractivity contribution is -0.140. The van der Waals surface area contributed by atoms with Crippen molar-refractivity contribution in [2.24, 2.45) is 0 Å². The number of carboxylic acids is 1. The average Bonchev–Trinajstić information content (AvgIpc) is 2.36. The number of Topliss-reactive ketones (excluding diaryl/α,β-unsaturated/α-hetero) is 1. The number of likely N-dealkylation sites (N-methyl/N-ethyl adjacent to an activating group) is 1. The van der Waals surface area contributed by atoms with E-state index in [1.54, 1.807) is 31.2 Å². The number of aliphatic carboxylic acids is 1. The van der Waals surface area contributed by atoms with Gasteiger partial charge >= 0.3 is 5.97 Å².